The molecule has 21 heavy (non-hydrogen) atoms. The third kappa shape index (κ3) is 2.26. The Morgan fingerprint density at radius 2 is 2.33 bits per heavy atom. The third-order valence-electron chi connectivity index (χ3n) is 3.22. The standard InChI is InChI=1S/C10H11FN4O4SSe/c11-3-4(17)2(1-16)19-8(3)15-6-5(20-10(15)21)7(18)14-9(12)13-6/h2-4,8,16-17H,1H2,(H3,12,13,14,18)/t2-,3+,4-,8-/m1/s1. The van der Waals surface area contributed by atoms with Gasteiger partial charge in [-0.3, -0.25) is 0 Å². The normalized spacial score (nSPS) is 29.3. The predicted octanol–water partition coefficient (Wildman–Crippen LogP) is -1.34. The molecule has 0 unspecified atom stereocenters. The van der Waals surface area contributed by atoms with E-state index in [1.54, 1.807) is 0 Å². The summed E-state index contributed by atoms with van der Waals surface area (Å²) in [5.74, 6) is -0.105. The van der Waals surface area contributed by atoms with Gasteiger partial charge in [-0.2, -0.15) is 0 Å². The fourth-order valence-corrected chi connectivity index (χ4v) is 4.00. The van der Waals surface area contributed by atoms with Gasteiger partial charge in [0.15, 0.2) is 0 Å². The number of alkyl halides is 1. The van der Waals surface area contributed by atoms with E-state index in [4.69, 9.17) is 15.6 Å². The maximum atomic E-state index is 14.2. The van der Waals surface area contributed by atoms with Crippen molar-refractivity contribution < 1.29 is 19.3 Å². The number of fused-ring (bicyclic) bond motifs is 1. The molecule has 1 aliphatic heterocycles. The molecule has 0 saturated carbocycles. The van der Waals surface area contributed by atoms with Crippen molar-refractivity contribution >= 4 is 43.2 Å². The number of nitrogens with zero attached hydrogens (tertiary/aromatic N) is 2. The molecular weight excluding hydrogens is 370 g/mol. The van der Waals surface area contributed by atoms with Crippen molar-refractivity contribution in [1.29, 1.82) is 0 Å². The van der Waals surface area contributed by atoms with E-state index in [2.05, 4.69) is 25.5 Å². The molecular formula is C10H11FN4O4SSe. The number of aliphatic hydroxyl groups is 2. The van der Waals surface area contributed by atoms with Crippen molar-refractivity contribution in [1.82, 2.24) is 14.5 Å². The van der Waals surface area contributed by atoms with Crippen molar-refractivity contribution in [3.8, 4) is 0 Å². The van der Waals surface area contributed by atoms with Crippen LogP contribution in [0, 0.1) is 3.51 Å². The number of thiazole rings is 1. The number of nitrogens with two attached hydrogens (primary N) is 1. The Morgan fingerprint density at radius 1 is 1.62 bits per heavy atom. The van der Waals surface area contributed by atoms with E-state index < -0.39 is 36.8 Å². The van der Waals surface area contributed by atoms with E-state index in [0.29, 0.717) is 3.51 Å². The number of anilines is 1. The minimum absolute atomic E-state index is 0.105. The van der Waals surface area contributed by atoms with Crippen LogP contribution in [0.1, 0.15) is 6.23 Å². The van der Waals surface area contributed by atoms with Crippen LogP contribution in [-0.4, -0.2) is 65.3 Å². The number of nitrogens with one attached hydrogen (secondary N) is 1. The number of halogens is 1. The van der Waals surface area contributed by atoms with Gasteiger partial charge in [0.2, 0.25) is 0 Å². The van der Waals surface area contributed by atoms with E-state index >= 15 is 0 Å². The van der Waals surface area contributed by atoms with Gasteiger partial charge in [0.05, 0.1) is 0 Å². The monoisotopic (exact) mass is 382 g/mol. The van der Waals surface area contributed by atoms with Crippen molar-refractivity contribution in [3.63, 3.8) is 0 Å². The third-order valence-corrected chi connectivity index (χ3v) is 5.10. The van der Waals surface area contributed by atoms with Crippen LogP contribution >= 0.6 is 11.3 Å². The number of ether oxygens (including phenoxy) is 1. The molecule has 1 aliphatic rings. The molecule has 2 aromatic rings. The molecule has 0 bridgehead atoms. The summed E-state index contributed by atoms with van der Waals surface area (Å²) in [4.78, 5) is 18.2. The zero-order valence-electron chi connectivity index (χ0n) is 10.4. The second kappa shape index (κ2) is 5.27. The van der Waals surface area contributed by atoms with Gasteiger partial charge in [0, 0.05) is 0 Å². The molecule has 11 heteroatoms. The van der Waals surface area contributed by atoms with Gasteiger partial charge >= 0.3 is 128 Å². The van der Waals surface area contributed by atoms with Gasteiger partial charge in [0.1, 0.15) is 0 Å². The number of aliphatic hydroxyl groups excluding tert-OH is 2. The SMILES string of the molecule is Nc1nc2c(sc(=[Se])n2[C@@H]2O[C@H](CO)[C@@H](O)[C@@H]2F)c(=O)[nH]1. The number of hydrogen-bond acceptors (Lipinski definition) is 7. The van der Waals surface area contributed by atoms with Crippen molar-refractivity contribution in [3.05, 3.63) is 13.9 Å². The molecule has 0 spiro atoms. The Kier molecular flexibility index (Phi) is 3.72. The Balaban J connectivity index is 2.20. The zero-order chi connectivity index (χ0) is 15.3. The van der Waals surface area contributed by atoms with E-state index in [1.807, 2.05) is 0 Å². The molecule has 1 fully saturated rings. The molecule has 2 aromatic heterocycles. The summed E-state index contributed by atoms with van der Waals surface area (Å²) >= 11 is 3.78. The first-order valence-electron chi connectivity index (χ1n) is 5.93. The zero-order valence-corrected chi connectivity index (χ0v) is 12.9. The molecule has 0 aliphatic carbocycles. The van der Waals surface area contributed by atoms with Crippen molar-refractivity contribution in [2.45, 2.75) is 24.6 Å². The average Bonchev–Trinajstić information content (AvgIpc) is 2.89. The van der Waals surface area contributed by atoms with E-state index in [9.17, 15) is 14.3 Å². The quantitative estimate of drug-likeness (QED) is 0.477. The number of aromatic amines is 1. The Hall–Kier alpha value is -1.10. The first-order valence-corrected chi connectivity index (χ1v) is 7.60. The Labute approximate surface area is 128 Å². The van der Waals surface area contributed by atoms with Crippen molar-refractivity contribution in [2.24, 2.45) is 0 Å². The number of hydrogen-bond donors (Lipinski definition) is 4. The van der Waals surface area contributed by atoms with Crippen LogP contribution in [-0.2, 0) is 4.74 Å². The van der Waals surface area contributed by atoms with Gasteiger partial charge in [-0.05, 0) is 0 Å². The van der Waals surface area contributed by atoms with Gasteiger partial charge in [-0.25, -0.2) is 0 Å². The first kappa shape index (κ1) is 14.8. The molecule has 0 radical (unpaired) electrons. The number of nitrogen functional groups attached to an aromatic ring is 1. The predicted molar refractivity (Wildman–Crippen MR) is 73.5 cm³/mol. The van der Waals surface area contributed by atoms with Crippen LogP contribution in [0.5, 0.6) is 0 Å². The Morgan fingerprint density at radius 3 is 2.95 bits per heavy atom. The van der Waals surface area contributed by atoms with Crippen LogP contribution in [0.2, 0.25) is 0 Å². The van der Waals surface area contributed by atoms with Crippen LogP contribution in [0.25, 0.3) is 10.3 Å². The van der Waals surface area contributed by atoms with E-state index in [0.717, 1.165) is 11.3 Å². The molecule has 5 N–H and O–H groups in total. The summed E-state index contributed by atoms with van der Waals surface area (Å²) in [6.07, 6.45) is -5.46. The number of aromatic nitrogens is 3. The number of H-pyrrole nitrogens is 1. The Bertz CT molecular complexity index is 804. The minimum atomic E-state index is -1.76. The summed E-state index contributed by atoms with van der Waals surface area (Å²) in [6, 6.07) is 0. The van der Waals surface area contributed by atoms with E-state index in [1.165, 1.54) is 4.57 Å². The molecule has 3 heterocycles. The summed E-state index contributed by atoms with van der Waals surface area (Å²) in [5.41, 5.74) is 5.23. The maximum absolute atomic E-state index is 14.2. The van der Waals surface area contributed by atoms with Crippen LogP contribution in [0.15, 0.2) is 4.79 Å². The molecule has 1 saturated heterocycles. The summed E-state index contributed by atoms with van der Waals surface area (Å²) in [6.45, 7) is -0.514. The fraction of sp³-hybridized carbons (Fsp3) is 0.500. The van der Waals surface area contributed by atoms with Gasteiger partial charge in [-0.1, -0.05) is 0 Å². The molecule has 3 rings (SSSR count). The van der Waals surface area contributed by atoms with Crippen LogP contribution in [0.3, 0.4) is 0 Å². The molecule has 114 valence electrons. The summed E-state index contributed by atoms with van der Waals surface area (Å²) < 4.78 is 21.6. The molecule has 8 nitrogen and oxygen atoms in total. The molecule has 4 atom stereocenters. The second-order valence-electron chi connectivity index (χ2n) is 4.52. The summed E-state index contributed by atoms with van der Waals surface area (Å²) in [7, 11) is 0. The van der Waals surface area contributed by atoms with Crippen LogP contribution in [0.4, 0.5) is 10.3 Å². The average molecular weight is 381 g/mol. The second-order valence-corrected chi connectivity index (χ2v) is 6.92. The van der Waals surface area contributed by atoms with Gasteiger partial charge in [0.25, 0.3) is 0 Å². The fourth-order valence-electron chi connectivity index (χ4n) is 2.23. The van der Waals surface area contributed by atoms with Gasteiger partial charge < -0.3 is 0 Å². The topological polar surface area (TPSA) is 126 Å². The summed E-state index contributed by atoms with van der Waals surface area (Å²) in [5, 5.41) is 18.8. The molecule has 0 amide bonds. The van der Waals surface area contributed by atoms with Crippen LogP contribution < -0.4 is 11.3 Å². The van der Waals surface area contributed by atoms with Gasteiger partial charge in [-0.15, -0.1) is 0 Å². The molecule has 0 aromatic carbocycles. The first-order chi connectivity index (χ1) is 9.93. The number of rotatable bonds is 2. The van der Waals surface area contributed by atoms with Crippen molar-refractivity contribution in [2.75, 3.05) is 12.3 Å². The van der Waals surface area contributed by atoms with E-state index in [-0.39, 0.29) is 16.3 Å².